The molecule has 8 heteroatoms. The van der Waals surface area contributed by atoms with Crippen molar-refractivity contribution in [1.82, 2.24) is 10.0 Å². The number of aliphatic imine (C=N–C) groups is 1. The van der Waals surface area contributed by atoms with Gasteiger partial charge in [0, 0.05) is 28.4 Å². The number of aromatic nitrogens is 1. The number of fused-ring (bicyclic) bond motifs is 1. The number of hydroxylamine groups is 1. The number of carbonyl (C=O) groups excluding carboxylic acids is 1. The van der Waals surface area contributed by atoms with Crippen LogP contribution in [0.15, 0.2) is 46.1 Å². The number of benzene rings is 1. The Balaban J connectivity index is 1.89. The molecular formula is C17H15F2N3O2S. The van der Waals surface area contributed by atoms with E-state index < -0.39 is 17.5 Å². The molecule has 130 valence electrons. The number of halogens is 2. The third-order valence-corrected chi connectivity index (χ3v) is 4.31. The van der Waals surface area contributed by atoms with Gasteiger partial charge in [0.1, 0.15) is 11.6 Å². The molecule has 5 nitrogen and oxygen atoms in total. The van der Waals surface area contributed by atoms with E-state index in [1.54, 1.807) is 28.5 Å². The minimum absolute atomic E-state index is 0.0498. The predicted molar refractivity (Wildman–Crippen MR) is 91.1 cm³/mol. The number of hydrogen-bond donors (Lipinski definition) is 3. The Bertz CT molecular complexity index is 890. The normalized spacial score (nSPS) is 13.2. The van der Waals surface area contributed by atoms with Crippen molar-refractivity contribution in [2.45, 2.75) is 24.3 Å². The highest BCUT2D eigenvalue weighted by Gasteiger charge is 2.16. The third kappa shape index (κ3) is 3.80. The second-order valence-electron chi connectivity index (χ2n) is 5.61. The summed E-state index contributed by atoms with van der Waals surface area (Å²) in [5.41, 5.74) is 4.06. The maximum atomic E-state index is 13.9. The van der Waals surface area contributed by atoms with Gasteiger partial charge in [-0.3, -0.25) is 15.0 Å². The molecule has 0 spiro atoms. The molecule has 1 aromatic carbocycles. The fourth-order valence-corrected chi connectivity index (χ4v) is 3.01. The van der Waals surface area contributed by atoms with Crippen LogP contribution in [0.1, 0.15) is 23.2 Å². The maximum Gasteiger partial charge on any atom is 0.249 e. The summed E-state index contributed by atoms with van der Waals surface area (Å²) >= 11 is 4.45. The molecule has 0 atom stereocenters. The standard InChI is InChI=1S/C17H15F2N3O2S/c18-11-2-1-10(14(19)5-11)8-22-9-16(25)13-4-3-12(6-17(23)21-24)20-7-15(13)22/h1-3,5,7,9,24-25H,4,6,8H2,(H,21,23). The summed E-state index contributed by atoms with van der Waals surface area (Å²) < 4.78 is 28.7. The molecule has 1 aliphatic heterocycles. The monoisotopic (exact) mass is 363 g/mol. The molecular weight excluding hydrogens is 348 g/mol. The van der Waals surface area contributed by atoms with Crippen molar-refractivity contribution in [2.24, 2.45) is 4.99 Å². The Kier molecular flexibility index (Phi) is 5.00. The first kappa shape index (κ1) is 17.4. The summed E-state index contributed by atoms with van der Waals surface area (Å²) in [6, 6.07) is 3.46. The average Bonchev–Trinajstić information content (AvgIpc) is 2.74. The quantitative estimate of drug-likeness (QED) is 0.444. The minimum atomic E-state index is -0.625. The van der Waals surface area contributed by atoms with E-state index in [2.05, 4.69) is 17.6 Å². The predicted octanol–water partition coefficient (Wildman–Crippen LogP) is 2.86. The average molecular weight is 363 g/mol. The van der Waals surface area contributed by atoms with Gasteiger partial charge in [-0.2, -0.15) is 0 Å². The molecule has 0 bridgehead atoms. The van der Waals surface area contributed by atoms with Crippen LogP contribution in [0, 0.1) is 11.6 Å². The highest BCUT2D eigenvalue weighted by atomic mass is 32.1. The molecule has 0 fully saturated rings. The first-order valence-electron chi connectivity index (χ1n) is 7.49. The van der Waals surface area contributed by atoms with E-state index in [9.17, 15) is 13.6 Å². The molecule has 0 saturated carbocycles. The van der Waals surface area contributed by atoms with Crippen LogP contribution < -0.4 is 5.48 Å². The lowest BCUT2D eigenvalue weighted by Gasteiger charge is -2.08. The van der Waals surface area contributed by atoms with Crippen LogP contribution in [-0.2, 0) is 17.8 Å². The van der Waals surface area contributed by atoms with Gasteiger partial charge in [-0.25, -0.2) is 14.3 Å². The molecule has 3 rings (SSSR count). The number of carbonyl (C=O) groups is 1. The van der Waals surface area contributed by atoms with Crippen LogP contribution in [0.25, 0.3) is 0 Å². The topological polar surface area (TPSA) is 66.6 Å². The minimum Gasteiger partial charge on any atom is -0.341 e. The zero-order valence-corrected chi connectivity index (χ0v) is 13.9. The molecule has 0 aliphatic carbocycles. The van der Waals surface area contributed by atoms with E-state index in [1.165, 1.54) is 12.1 Å². The first-order chi connectivity index (χ1) is 12.0. The molecule has 0 saturated heterocycles. The number of thiol groups is 1. The number of nitrogens with zero attached hydrogens (tertiary/aromatic N) is 2. The van der Waals surface area contributed by atoms with Gasteiger partial charge in [-0.1, -0.05) is 12.1 Å². The van der Waals surface area contributed by atoms with Crippen molar-refractivity contribution >= 4 is 24.8 Å². The van der Waals surface area contributed by atoms with Crippen molar-refractivity contribution in [3.63, 3.8) is 0 Å². The lowest BCUT2D eigenvalue weighted by Crippen LogP contribution is -2.18. The van der Waals surface area contributed by atoms with E-state index in [0.29, 0.717) is 22.6 Å². The van der Waals surface area contributed by atoms with E-state index in [4.69, 9.17) is 5.21 Å². The van der Waals surface area contributed by atoms with Crippen LogP contribution >= 0.6 is 12.6 Å². The summed E-state index contributed by atoms with van der Waals surface area (Å²) in [7, 11) is 0. The summed E-state index contributed by atoms with van der Waals surface area (Å²) in [4.78, 5) is 16.3. The van der Waals surface area contributed by atoms with Gasteiger partial charge in [0.2, 0.25) is 5.91 Å². The second-order valence-corrected chi connectivity index (χ2v) is 6.09. The molecule has 1 amide bonds. The highest BCUT2D eigenvalue weighted by Crippen LogP contribution is 2.26. The highest BCUT2D eigenvalue weighted by molar-refractivity contribution is 7.80. The van der Waals surface area contributed by atoms with Gasteiger partial charge >= 0.3 is 0 Å². The number of nitrogens with one attached hydrogen (secondary N) is 1. The Hall–Kier alpha value is -2.45. The Morgan fingerprint density at radius 2 is 2.20 bits per heavy atom. The van der Waals surface area contributed by atoms with Crippen LogP contribution in [0.3, 0.4) is 0 Å². The summed E-state index contributed by atoms with van der Waals surface area (Å²) in [6.07, 6.45) is 5.58. The summed E-state index contributed by atoms with van der Waals surface area (Å²) in [5, 5.41) is 8.61. The van der Waals surface area contributed by atoms with Crippen molar-refractivity contribution in [3.8, 4) is 0 Å². The summed E-state index contributed by atoms with van der Waals surface area (Å²) in [5.74, 6) is -1.80. The summed E-state index contributed by atoms with van der Waals surface area (Å²) in [6.45, 7) is 0.202. The van der Waals surface area contributed by atoms with Gasteiger partial charge in [0.15, 0.2) is 0 Å². The van der Waals surface area contributed by atoms with Crippen LogP contribution in [0.4, 0.5) is 8.78 Å². The van der Waals surface area contributed by atoms with Gasteiger partial charge in [-0.05, 0) is 18.1 Å². The molecule has 1 aliphatic rings. The van der Waals surface area contributed by atoms with Crippen molar-refractivity contribution in [2.75, 3.05) is 0 Å². The van der Waals surface area contributed by atoms with E-state index >= 15 is 0 Å². The zero-order chi connectivity index (χ0) is 18.0. The SMILES string of the molecule is O=C(CC1=CCc2c(S)cn(Cc3ccc(F)cc3F)c2C=N1)NO. The molecule has 25 heavy (non-hydrogen) atoms. The lowest BCUT2D eigenvalue weighted by atomic mass is 10.1. The number of amides is 1. The van der Waals surface area contributed by atoms with E-state index in [-0.39, 0.29) is 13.0 Å². The van der Waals surface area contributed by atoms with Gasteiger partial charge in [-0.15, -0.1) is 12.6 Å². The zero-order valence-electron chi connectivity index (χ0n) is 13.0. The van der Waals surface area contributed by atoms with Gasteiger partial charge < -0.3 is 4.57 Å². The third-order valence-electron chi connectivity index (χ3n) is 3.92. The fraction of sp³-hybridized carbons (Fsp3) is 0.176. The molecule has 2 N–H and O–H groups in total. The molecule has 0 unspecified atom stereocenters. The fourth-order valence-electron chi connectivity index (χ4n) is 2.66. The van der Waals surface area contributed by atoms with Crippen LogP contribution in [-0.4, -0.2) is 21.9 Å². The smallest absolute Gasteiger partial charge is 0.249 e. The molecule has 0 radical (unpaired) electrons. The van der Waals surface area contributed by atoms with Crippen molar-refractivity contribution in [1.29, 1.82) is 0 Å². The van der Waals surface area contributed by atoms with E-state index in [1.807, 2.05) is 0 Å². The number of rotatable bonds is 4. The van der Waals surface area contributed by atoms with Crippen LogP contribution in [0.2, 0.25) is 0 Å². The lowest BCUT2D eigenvalue weighted by molar-refractivity contribution is -0.128. The molecule has 2 aromatic rings. The van der Waals surface area contributed by atoms with Crippen molar-refractivity contribution in [3.05, 3.63) is 64.6 Å². The maximum absolute atomic E-state index is 13.9. The van der Waals surface area contributed by atoms with Crippen LogP contribution in [0.5, 0.6) is 0 Å². The largest absolute Gasteiger partial charge is 0.341 e. The molecule has 1 aromatic heterocycles. The number of hydrogen-bond acceptors (Lipinski definition) is 4. The Labute approximate surface area is 148 Å². The molecule has 2 heterocycles. The Morgan fingerprint density at radius 3 is 2.92 bits per heavy atom. The van der Waals surface area contributed by atoms with Gasteiger partial charge in [0.05, 0.1) is 24.9 Å². The van der Waals surface area contributed by atoms with Crippen molar-refractivity contribution < 1.29 is 18.8 Å². The second kappa shape index (κ2) is 7.20. The van der Waals surface area contributed by atoms with Gasteiger partial charge in [0.25, 0.3) is 0 Å². The first-order valence-corrected chi connectivity index (χ1v) is 7.93. The number of allylic oxidation sites excluding steroid dienone is 1. The van der Waals surface area contributed by atoms with E-state index in [0.717, 1.165) is 17.3 Å². The Morgan fingerprint density at radius 1 is 1.40 bits per heavy atom.